The van der Waals surface area contributed by atoms with Gasteiger partial charge >= 0.3 is 12.5 Å². The van der Waals surface area contributed by atoms with E-state index in [-0.39, 0.29) is 7.05 Å². The van der Waals surface area contributed by atoms with Crippen LogP contribution in [0.25, 0.3) is 0 Å². The molecule has 0 aromatic carbocycles. The van der Waals surface area contributed by atoms with Crippen LogP contribution in [-0.4, -0.2) is 36.4 Å². The molecule has 0 aromatic heterocycles. The summed E-state index contributed by atoms with van der Waals surface area (Å²) in [4.78, 5) is -1.32. The van der Waals surface area contributed by atoms with Crippen LogP contribution in [0.15, 0.2) is 12.7 Å². The molecule has 1 nitrogen and oxygen atoms in total. The van der Waals surface area contributed by atoms with Gasteiger partial charge in [-0.2, -0.15) is 31.2 Å². The van der Waals surface area contributed by atoms with Gasteiger partial charge in [-0.3, -0.25) is 0 Å². The predicted octanol–water partition coefficient (Wildman–Crippen LogP) is 3.19. The van der Waals surface area contributed by atoms with Crippen LogP contribution in [0, 0.1) is 0 Å². The van der Waals surface area contributed by atoms with Crippen LogP contribution in [0.4, 0.5) is 35.1 Å². The lowest BCUT2D eigenvalue weighted by Crippen LogP contribution is -2.57. The van der Waals surface area contributed by atoms with Crippen molar-refractivity contribution < 1.29 is 35.1 Å². The summed E-state index contributed by atoms with van der Waals surface area (Å²) in [6.45, 7) is 2.36. The van der Waals surface area contributed by atoms with Gasteiger partial charge in [0.1, 0.15) is 0 Å². The van der Waals surface area contributed by atoms with E-state index in [1.807, 2.05) is 0 Å². The average molecular weight is 257 g/mol. The molecule has 0 amide bonds. The molecule has 16 heavy (non-hydrogen) atoms. The van der Waals surface area contributed by atoms with E-state index >= 15 is 0 Å². The Labute approximate surface area is 85.3 Å². The summed E-state index contributed by atoms with van der Waals surface area (Å²) in [6.07, 6.45) is -15.7. The molecular weight excluding hydrogens is 250 g/mol. The minimum absolute atomic E-state index is 0.0335. The zero-order chi connectivity index (χ0) is 13.4. The molecule has 0 aliphatic rings. The highest BCUT2D eigenvalue weighted by atomic mass is 19.4. The maximum Gasteiger partial charge on any atom is 0.462 e. The fourth-order valence-corrected chi connectivity index (χ4v) is 0.758. The quantitative estimate of drug-likeness (QED) is 0.426. The smallest absolute Gasteiger partial charge is 0.225 e. The summed E-state index contributed by atoms with van der Waals surface area (Å²) in [5, 5.41) is 0. The molecule has 0 aliphatic carbocycles. The SMILES string of the molecule is C=CC(F)(C(F)N(C)C(F)(F)F)C(F)(F)F. The van der Waals surface area contributed by atoms with Gasteiger partial charge in [-0.25, -0.2) is 8.78 Å². The predicted molar refractivity (Wildman–Crippen MR) is 38.8 cm³/mol. The molecule has 0 aliphatic heterocycles. The third-order valence-corrected chi connectivity index (χ3v) is 1.82. The molecule has 0 saturated heterocycles. The summed E-state index contributed by atoms with van der Waals surface area (Å²) < 4.78 is 97.6. The van der Waals surface area contributed by atoms with Gasteiger partial charge in [0.05, 0.1) is 0 Å². The molecule has 0 heterocycles. The number of rotatable bonds is 3. The van der Waals surface area contributed by atoms with Crippen LogP contribution in [-0.2, 0) is 0 Å². The van der Waals surface area contributed by atoms with E-state index in [0.29, 0.717) is 0 Å². The highest BCUT2D eigenvalue weighted by Crippen LogP contribution is 2.42. The number of hydrogen-bond acceptors (Lipinski definition) is 1. The standard InChI is InChI=1S/C7H7F8N/c1-3-5(9,6(10,11)12)4(8)16(2)7(13,14)15/h3-4H,1H2,2H3. The largest absolute Gasteiger partial charge is 0.462 e. The van der Waals surface area contributed by atoms with Gasteiger partial charge in [0.15, 0.2) is 0 Å². The van der Waals surface area contributed by atoms with E-state index in [1.165, 1.54) is 0 Å². The molecule has 2 unspecified atom stereocenters. The number of hydrogen-bond donors (Lipinski definition) is 0. The molecule has 0 radical (unpaired) electrons. The van der Waals surface area contributed by atoms with Gasteiger partial charge in [-0.1, -0.05) is 6.58 Å². The van der Waals surface area contributed by atoms with Crippen molar-refractivity contribution >= 4 is 0 Å². The average Bonchev–Trinajstić information content (AvgIpc) is 2.10. The van der Waals surface area contributed by atoms with Crippen molar-refractivity contribution in [3.8, 4) is 0 Å². The topological polar surface area (TPSA) is 3.24 Å². The van der Waals surface area contributed by atoms with Crippen LogP contribution in [0.2, 0.25) is 0 Å². The van der Waals surface area contributed by atoms with E-state index in [0.717, 1.165) is 0 Å². The zero-order valence-corrected chi connectivity index (χ0v) is 7.83. The van der Waals surface area contributed by atoms with E-state index in [1.54, 1.807) is 0 Å². The number of nitrogens with zero attached hydrogens (tertiary/aromatic N) is 1. The summed E-state index contributed by atoms with van der Waals surface area (Å²) in [5.41, 5.74) is -4.78. The third-order valence-electron chi connectivity index (χ3n) is 1.82. The van der Waals surface area contributed by atoms with Gasteiger partial charge in [-0.15, -0.1) is 0 Å². The molecular formula is C7H7F8N. The Morgan fingerprint density at radius 1 is 1.06 bits per heavy atom. The van der Waals surface area contributed by atoms with Crippen molar-refractivity contribution in [1.29, 1.82) is 0 Å². The fraction of sp³-hybridized carbons (Fsp3) is 0.714. The van der Waals surface area contributed by atoms with Crippen molar-refractivity contribution in [1.82, 2.24) is 4.90 Å². The van der Waals surface area contributed by atoms with Crippen molar-refractivity contribution in [2.24, 2.45) is 0 Å². The Morgan fingerprint density at radius 2 is 1.44 bits per heavy atom. The Hall–Kier alpha value is -0.860. The van der Waals surface area contributed by atoms with Crippen molar-refractivity contribution in [3.05, 3.63) is 12.7 Å². The summed E-state index contributed by atoms with van der Waals surface area (Å²) in [5.74, 6) is 0. The second-order valence-corrected chi connectivity index (χ2v) is 2.88. The van der Waals surface area contributed by atoms with Crippen molar-refractivity contribution in [2.45, 2.75) is 24.4 Å². The minimum atomic E-state index is -5.83. The van der Waals surface area contributed by atoms with Crippen molar-refractivity contribution in [3.63, 3.8) is 0 Å². The van der Waals surface area contributed by atoms with Gasteiger partial charge in [0.25, 0.3) is 5.67 Å². The molecule has 0 spiro atoms. The number of alkyl halides is 8. The first-order valence-electron chi connectivity index (χ1n) is 3.71. The van der Waals surface area contributed by atoms with Gasteiger partial charge in [-0.05, 0) is 13.1 Å². The van der Waals surface area contributed by atoms with Crippen LogP contribution < -0.4 is 0 Å². The van der Waals surface area contributed by atoms with E-state index in [4.69, 9.17) is 0 Å². The van der Waals surface area contributed by atoms with Crippen LogP contribution in [0.1, 0.15) is 0 Å². The fourth-order valence-electron chi connectivity index (χ4n) is 0.758. The lowest BCUT2D eigenvalue weighted by Gasteiger charge is -2.33. The monoisotopic (exact) mass is 257 g/mol. The Bertz CT molecular complexity index is 256. The highest BCUT2D eigenvalue weighted by Gasteiger charge is 2.63. The lowest BCUT2D eigenvalue weighted by molar-refractivity contribution is -0.310. The normalized spacial score (nSPS) is 19.4. The first-order chi connectivity index (χ1) is 6.88. The Balaban J connectivity index is 5.22. The number of halogens is 8. The molecule has 0 N–H and O–H groups in total. The van der Waals surface area contributed by atoms with Crippen LogP contribution in [0.3, 0.4) is 0 Å². The second-order valence-electron chi connectivity index (χ2n) is 2.88. The minimum Gasteiger partial charge on any atom is -0.225 e. The van der Waals surface area contributed by atoms with E-state index in [9.17, 15) is 35.1 Å². The maximum absolute atomic E-state index is 13.0. The molecule has 0 fully saturated rings. The summed E-state index contributed by atoms with van der Waals surface area (Å²) in [7, 11) is -0.0335. The lowest BCUT2D eigenvalue weighted by atomic mass is 10.0. The Kier molecular flexibility index (Phi) is 3.96. The van der Waals surface area contributed by atoms with E-state index in [2.05, 4.69) is 6.58 Å². The summed E-state index contributed by atoms with van der Waals surface area (Å²) >= 11 is 0. The van der Waals surface area contributed by atoms with Gasteiger partial charge < -0.3 is 0 Å². The maximum atomic E-state index is 13.0. The molecule has 0 saturated carbocycles. The first kappa shape index (κ1) is 15.1. The van der Waals surface area contributed by atoms with Crippen LogP contribution in [0.5, 0.6) is 0 Å². The summed E-state index contributed by atoms with van der Waals surface area (Å²) in [6, 6.07) is 0. The molecule has 0 bridgehead atoms. The molecule has 2 atom stereocenters. The zero-order valence-electron chi connectivity index (χ0n) is 7.83. The first-order valence-corrected chi connectivity index (χ1v) is 3.71. The Morgan fingerprint density at radius 3 is 1.62 bits per heavy atom. The molecule has 96 valence electrons. The van der Waals surface area contributed by atoms with Gasteiger partial charge in [0.2, 0.25) is 6.30 Å². The third kappa shape index (κ3) is 2.63. The highest BCUT2D eigenvalue weighted by molar-refractivity contribution is 5.07. The molecule has 9 heteroatoms. The molecule has 0 rings (SSSR count). The van der Waals surface area contributed by atoms with Crippen LogP contribution >= 0.6 is 0 Å². The second kappa shape index (κ2) is 4.19. The van der Waals surface area contributed by atoms with Gasteiger partial charge in [0, 0.05) is 0 Å². The van der Waals surface area contributed by atoms with Crippen molar-refractivity contribution in [2.75, 3.05) is 7.05 Å². The van der Waals surface area contributed by atoms with E-state index < -0.39 is 35.4 Å². The molecule has 0 aromatic rings.